The molecule has 0 unspecified atom stereocenters. The summed E-state index contributed by atoms with van der Waals surface area (Å²) in [5, 5.41) is 1.01. The lowest BCUT2D eigenvalue weighted by molar-refractivity contribution is 0.601. The lowest BCUT2D eigenvalue weighted by Crippen LogP contribution is -1.98. The molecule has 2 rings (SSSR count). The zero-order valence-corrected chi connectivity index (χ0v) is 9.86. The third-order valence-electron chi connectivity index (χ3n) is 2.03. The van der Waals surface area contributed by atoms with Crippen LogP contribution >= 0.6 is 11.3 Å². The summed E-state index contributed by atoms with van der Waals surface area (Å²) in [4.78, 5) is 0.838. The number of anilines is 1. The maximum absolute atomic E-state index is 11.1. The standard InChI is InChI=1S/C10H11NO2S2/c1-15(12,13)6-8-5-7-3-2-4-9(11)10(7)14-8/h2-5H,6,11H2,1H3. The van der Waals surface area contributed by atoms with Crippen LogP contribution in [0.25, 0.3) is 10.1 Å². The molecule has 0 saturated heterocycles. The molecule has 1 heterocycles. The SMILES string of the molecule is CS(=O)(=O)Cc1cc2cccc(N)c2s1. The summed E-state index contributed by atoms with van der Waals surface area (Å²) in [5.74, 6) is 0.0891. The molecule has 0 atom stereocenters. The number of sulfone groups is 1. The fraction of sp³-hybridized carbons (Fsp3) is 0.200. The van der Waals surface area contributed by atoms with E-state index in [1.807, 2.05) is 24.3 Å². The van der Waals surface area contributed by atoms with Crippen molar-refractivity contribution >= 4 is 36.9 Å². The molecule has 0 amide bonds. The molecule has 1 aromatic carbocycles. The number of fused-ring (bicyclic) bond motifs is 1. The second-order valence-corrected chi connectivity index (χ2v) is 6.83. The fourth-order valence-corrected chi connectivity index (χ4v) is 3.83. The highest BCUT2D eigenvalue weighted by atomic mass is 32.2. The van der Waals surface area contributed by atoms with Crippen molar-refractivity contribution in [2.75, 3.05) is 12.0 Å². The van der Waals surface area contributed by atoms with E-state index in [4.69, 9.17) is 5.73 Å². The summed E-state index contributed by atoms with van der Waals surface area (Å²) < 4.78 is 23.2. The molecule has 0 aliphatic carbocycles. The number of hydrogen-bond acceptors (Lipinski definition) is 4. The van der Waals surface area contributed by atoms with E-state index < -0.39 is 9.84 Å². The molecule has 2 N–H and O–H groups in total. The van der Waals surface area contributed by atoms with Crippen LogP contribution in [-0.4, -0.2) is 14.7 Å². The minimum Gasteiger partial charge on any atom is -0.398 e. The molecule has 0 radical (unpaired) electrons. The molecule has 80 valence electrons. The number of benzene rings is 1. The maximum atomic E-state index is 11.1. The van der Waals surface area contributed by atoms with Gasteiger partial charge in [0.15, 0.2) is 9.84 Å². The second-order valence-electron chi connectivity index (χ2n) is 3.55. The summed E-state index contributed by atoms with van der Waals surface area (Å²) in [7, 11) is -2.97. The van der Waals surface area contributed by atoms with E-state index in [1.165, 1.54) is 17.6 Å². The van der Waals surface area contributed by atoms with Gasteiger partial charge >= 0.3 is 0 Å². The number of thiophene rings is 1. The predicted molar refractivity (Wildman–Crippen MR) is 64.8 cm³/mol. The van der Waals surface area contributed by atoms with Gasteiger partial charge in [-0.2, -0.15) is 0 Å². The van der Waals surface area contributed by atoms with Crippen molar-refractivity contribution in [1.29, 1.82) is 0 Å². The fourth-order valence-electron chi connectivity index (χ4n) is 1.47. The van der Waals surface area contributed by atoms with E-state index >= 15 is 0 Å². The molecule has 0 fully saturated rings. The Bertz CT molecular complexity index is 599. The van der Waals surface area contributed by atoms with Gasteiger partial charge in [-0.05, 0) is 17.5 Å². The van der Waals surface area contributed by atoms with Gasteiger partial charge in [0.25, 0.3) is 0 Å². The highest BCUT2D eigenvalue weighted by molar-refractivity contribution is 7.90. The van der Waals surface area contributed by atoms with Crippen molar-refractivity contribution in [2.24, 2.45) is 0 Å². The molecule has 1 aromatic heterocycles. The third kappa shape index (κ3) is 2.30. The predicted octanol–water partition coefficient (Wildman–Crippen LogP) is 2.03. The summed E-state index contributed by atoms with van der Waals surface area (Å²) >= 11 is 1.45. The van der Waals surface area contributed by atoms with E-state index in [-0.39, 0.29) is 5.75 Å². The number of rotatable bonds is 2. The zero-order valence-electron chi connectivity index (χ0n) is 8.23. The third-order valence-corrected chi connectivity index (χ3v) is 4.25. The largest absolute Gasteiger partial charge is 0.398 e. The van der Waals surface area contributed by atoms with Crippen LogP contribution in [0.1, 0.15) is 4.88 Å². The summed E-state index contributed by atoms with van der Waals surface area (Å²) in [5.41, 5.74) is 6.50. The molecule has 5 heteroatoms. The molecular formula is C10H11NO2S2. The second kappa shape index (κ2) is 3.50. The van der Waals surface area contributed by atoms with E-state index in [9.17, 15) is 8.42 Å². The van der Waals surface area contributed by atoms with Gasteiger partial charge in [-0.25, -0.2) is 8.42 Å². The molecule has 0 aliphatic rings. The quantitative estimate of drug-likeness (QED) is 0.818. The van der Waals surface area contributed by atoms with Crippen molar-refractivity contribution < 1.29 is 8.42 Å². The van der Waals surface area contributed by atoms with Crippen LogP contribution in [0.4, 0.5) is 5.69 Å². The van der Waals surface area contributed by atoms with Crippen LogP contribution in [0.2, 0.25) is 0 Å². The first-order chi connectivity index (χ1) is 6.96. The normalized spacial score (nSPS) is 12.1. The molecule has 0 bridgehead atoms. The van der Waals surface area contributed by atoms with Crippen LogP contribution in [-0.2, 0) is 15.6 Å². The maximum Gasteiger partial charge on any atom is 0.152 e. The van der Waals surface area contributed by atoms with Crippen molar-refractivity contribution in [3.63, 3.8) is 0 Å². The molecular weight excluding hydrogens is 230 g/mol. The monoisotopic (exact) mass is 241 g/mol. The molecule has 3 nitrogen and oxygen atoms in total. The van der Waals surface area contributed by atoms with Crippen molar-refractivity contribution in [3.8, 4) is 0 Å². The summed E-state index contributed by atoms with van der Waals surface area (Å²) in [6, 6.07) is 7.52. The van der Waals surface area contributed by atoms with Crippen LogP contribution in [0.5, 0.6) is 0 Å². The minimum absolute atomic E-state index is 0.0891. The first kappa shape index (κ1) is 10.4. The minimum atomic E-state index is -2.97. The van der Waals surface area contributed by atoms with Gasteiger partial charge in [0.1, 0.15) is 0 Å². The van der Waals surface area contributed by atoms with Gasteiger partial charge in [-0.15, -0.1) is 11.3 Å². The lowest BCUT2D eigenvalue weighted by atomic mass is 10.2. The Labute approximate surface area is 92.4 Å². The lowest BCUT2D eigenvalue weighted by Gasteiger charge is -1.92. The Morgan fingerprint density at radius 2 is 2.13 bits per heavy atom. The number of hydrogen-bond donors (Lipinski definition) is 1. The van der Waals surface area contributed by atoms with E-state index in [2.05, 4.69) is 0 Å². The van der Waals surface area contributed by atoms with Crippen molar-refractivity contribution in [1.82, 2.24) is 0 Å². The number of nitrogens with two attached hydrogens (primary N) is 1. The molecule has 0 saturated carbocycles. The van der Waals surface area contributed by atoms with E-state index in [0.717, 1.165) is 15.0 Å². The summed E-state index contributed by atoms with van der Waals surface area (Å²) in [6.45, 7) is 0. The Balaban J connectivity index is 2.53. The topological polar surface area (TPSA) is 60.2 Å². The Kier molecular flexibility index (Phi) is 2.44. The Morgan fingerprint density at radius 3 is 2.73 bits per heavy atom. The zero-order chi connectivity index (χ0) is 11.1. The van der Waals surface area contributed by atoms with Crippen molar-refractivity contribution in [2.45, 2.75) is 5.75 Å². The van der Waals surface area contributed by atoms with Crippen LogP contribution < -0.4 is 5.73 Å². The van der Waals surface area contributed by atoms with E-state index in [0.29, 0.717) is 5.69 Å². The first-order valence-corrected chi connectivity index (χ1v) is 7.28. The van der Waals surface area contributed by atoms with E-state index in [1.54, 1.807) is 0 Å². The molecule has 0 aliphatic heterocycles. The van der Waals surface area contributed by atoms with Crippen LogP contribution in [0.15, 0.2) is 24.3 Å². The molecule has 2 aromatic rings. The average molecular weight is 241 g/mol. The van der Waals surface area contributed by atoms with Gasteiger partial charge in [0.2, 0.25) is 0 Å². The molecule has 0 spiro atoms. The highest BCUT2D eigenvalue weighted by Gasteiger charge is 2.09. The Hall–Kier alpha value is -1.07. The smallest absolute Gasteiger partial charge is 0.152 e. The highest BCUT2D eigenvalue weighted by Crippen LogP contribution is 2.31. The Morgan fingerprint density at radius 1 is 1.40 bits per heavy atom. The molecule has 15 heavy (non-hydrogen) atoms. The van der Waals surface area contributed by atoms with Crippen LogP contribution in [0.3, 0.4) is 0 Å². The van der Waals surface area contributed by atoms with Crippen molar-refractivity contribution in [3.05, 3.63) is 29.1 Å². The van der Waals surface area contributed by atoms with Gasteiger partial charge < -0.3 is 5.73 Å². The van der Waals surface area contributed by atoms with Gasteiger partial charge in [0, 0.05) is 16.8 Å². The van der Waals surface area contributed by atoms with Gasteiger partial charge in [-0.1, -0.05) is 12.1 Å². The average Bonchev–Trinajstić information content (AvgIpc) is 2.45. The van der Waals surface area contributed by atoms with Crippen LogP contribution in [0, 0.1) is 0 Å². The van der Waals surface area contributed by atoms with Gasteiger partial charge in [-0.3, -0.25) is 0 Å². The summed E-state index contributed by atoms with van der Waals surface area (Å²) in [6.07, 6.45) is 1.24. The number of nitrogen functional groups attached to an aromatic ring is 1. The first-order valence-electron chi connectivity index (χ1n) is 4.40. The van der Waals surface area contributed by atoms with Gasteiger partial charge in [0.05, 0.1) is 10.5 Å².